The lowest BCUT2D eigenvalue weighted by Crippen LogP contribution is -2.64. The van der Waals surface area contributed by atoms with Gasteiger partial charge in [0, 0.05) is 25.7 Å². The number of ether oxygens (including phenoxy) is 2. The summed E-state index contributed by atoms with van der Waals surface area (Å²) in [6, 6.07) is 0.729. The summed E-state index contributed by atoms with van der Waals surface area (Å²) in [7, 11) is 1.69. The Morgan fingerprint density at radius 2 is 1.79 bits per heavy atom. The average molecular weight is 357 g/mol. The van der Waals surface area contributed by atoms with Crippen molar-refractivity contribution in [2.24, 2.45) is 5.92 Å². The van der Waals surface area contributed by atoms with Gasteiger partial charge in [-0.1, -0.05) is 38.9 Å². The van der Waals surface area contributed by atoms with Gasteiger partial charge in [0.1, 0.15) is 8.24 Å². The summed E-state index contributed by atoms with van der Waals surface area (Å²) in [5, 5.41) is 2.56. The molecule has 1 saturated carbocycles. The Hall–Kier alpha value is -0.433. The van der Waals surface area contributed by atoms with Crippen molar-refractivity contribution in [3.05, 3.63) is 0 Å². The Bertz CT molecular complexity index is 414. The summed E-state index contributed by atoms with van der Waals surface area (Å²) in [5.74, 6) is -0.0133. The van der Waals surface area contributed by atoms with Crippen molar-refractivity contribution in [3.8, 4) is 0 Å². The lowest BCUT2D eigenvalue weighted by Gasteiger charge is -2.50. The van der Waals surface area contributed by atoms with E-state index >= 15 is 0 Å². The van der Waals surface area contributed by atoms with Crippen LogP contribution in [-0.2, 0) is 14.3 Å². The van der Waals surface area contributed by atoms with Crippen LogP contribution in [0.5, 0.6) is 0 Å². The predicted octanol–water partition coefficient (Wildman–Crippen LogP) is 3.27. The molecule has 1 heterocycles. The van der Waals surface area contributed by atoms with Gasteiger partial charge in [-0.3, -0.25) is 9.47 Å². The fourth-order valence-electron chi connectivity index (χ4n) is 4.55. The Morgan fingerprint density at radius 3 is 2.42 bits per heavy atom. The van der Waals surface area contributed by atoms with Gasteiger partial charge in [0.15, 0.2) is 0 Å². The van der Waals surface area contributed by atoms with E-state index in [9.17, 15) is 4.79 Å². The van der Waals surface area contributed by atoms with Gasteiger partial charge in [0.25, 0.3) is 0 Å². The molecule has 1 aliphatic carbocycles. The number of hydrogen-bond donors (Lipinski definition) is 0. The van der Waals surface area contributed by atoms with E-state index in [-0.39, 0.29) is 17.9 Å². The van der Waals surface area contributed by atoms with E-state index < -0.39 is 8.24 Å². The van der Waals surface area contributed by atoms with Crippen LogP contribution in [0.2, 0.25) is 19.6 Å². The van der Waals surface area contributed by atoms with Crippen molar-refractivity contribution in [2.45, 2.75) is 76.7 Å². The molecule has 0 spiro atoms. The van der Waals surface area contributed by atoms with Gasteiger partial charge >= 0.3 is 5.97 Å². The molecule has 5 nitrogen and oxygen atoms in total. The van der Waals surface area contributed by atoms with Crippen LogP contribution in [0.15, 0.2) is 0 Å². The Morgan fingerprint density at radius 1 is 1.08 bits per heavy atom. The van der Waals surface area contributed by atoms with Crippen LogP contribution in [-0.4, -0.2) is 63.3 Å². The lowest BCUT2D eigenvalue weighted by molar-refractivity contribution is -0.150. The molecule has 2 aliphatic rings. The second-order valence-electron chi connectivity index (χ2n) is 8.26. The van der Waals surface area contributed by atoms with Crippen molar-refractivity contribution in [1.29, 1.82) is 0 Å². The molecule has 2 rings (SSSR count). The predicted molar refractivity (Wildman–Crippen MR) is 99.2 cm³/mol. The Labute approximate surface area is 148 Å². The standard InChI is InChI=1S/C18H36N2O3Si/c1-22-14-15-10-9-13-19(15)20(24(3,4)5)17-12-8-6-7-11-16(17)18(21)23-2/h15-17H,6-14H2,1-5H3/t15-,16-,17-/m0/s1. The number of carbonyl (C=O) groups excluding carboxylic acids is 1. The zero-order chi connectivity index (χ0) is 17.7. The van der Waals surface area contributed by atoms with E-state index in [1.165, 1.54) is 32.8 Å². The fraction of sp³-hybridized carbons (Fsp3) is 0.944. The molecule has 24 heavy (non-hydrogen) atoms. The van der Waals surface area contributed by atoms with E-state index in [0.717, 1.165) is 32.4 Å². The van der Waals surface area contributed by atoms with Crippen molar-refractivity contribution >= 4 is 14.2 Å². The maximum Gasteiger partial charge on any atom is 0.310 e. The number of carbonyl (C=O) groups is 1. The van der Waals surface area contributed by atoms with E-state index in [1.807, 2.05) is 0 Å². The summed E-state index contributed by atoms with van der Waals surface area (Å²) in [6.07, 6.45) is 8.03. The summed E-state index contributed by atoms with van der Waals surface area (Å²) in [6.45, 7) is 9.05. The molecular weight excluding hydrogens is 320 g/mol. The first-order valence-electron chi connectivity index (χ1n) is 9.52. The largest absolute Gasteiger partial charge is 0.469 e. The number of nitrogens with zero attached hydrogens (tertiary/aromatic N) is 2. The van der Waals surface area contributed by atoms with Gasteiger partial charge in [-0.25, -0.2) is 5.01 Å². The van der Waals surface area contributed by atoms with Gasteiger partial charge in [0.2, 0.25) is 0 Å². The molecule has 0 N–H and O–H groups in total. The van der Waals surface area contributed by atoms with E-state index in [1.54, 1.807) is 7.11 Å². The molecule has 0 aromatic carbocycles. The monoisotopic (exact) mass is 356 g/mol. The van der Waals surface area contributed by atoms with Gasteiger partial charge in [-0.05, 0) is 25.7 Å². The van der Waals surface area contributed by atoms with E-state index in [0.29, 0.717) is 6.04 Å². The summed E-state index contributed by atoms with van der Waals surface area (Å²) in [5.41, 5.74) is 0. The van der Waals surface area contributed by atoms with Crippen LogP contribution in [0.25, 0.3) is 0 Å². The van der Waals surface area contributed by atoms with Crippen LogP contribution in [0.3, 0.4) is 0 Å². The van der Waals surface area contributed by atoms with Gasteiger partial charge in [0.05, 0.1) is 19.6 Å². The van der Waals surface area contributed by atoms with Crippen molar-refractivity contribution in [3.63, 3.8) is 0 Å². The highest BCUT2D eigenvalue weighted by Gasteiger charge is 2.45. The number of hydrogen-bond acceptors (Lipinski definition) is 5. The van der Waals surface area contributed by atoms with E-state index in [4.69, 9.17) is 9.47 Å². The zero-order valence-electron chi connectivity index (χ0n) is 16.2. The van der Waals surface area contributed by atoms with Gasteiger partial charge < -0.3 is 9.47 Å². The minimum absolute atomic E-state index is 0.00743. The highest BCUT2D eigenvalue weighted by atomic mass is 28.3. The topological polar surface area (TPSA) is 42.0 Å². The van der Waals surface area contributed by atoms with Crippen molar-refractivity contribution in [1.82, 2.24) is 9.68 Å². The van der Waals surface area contributed by atoms with Gasteiger partial charge in [-0.2, -0.15) is 0 Å². The summed E-state index contributed by atoms with van der Waals surface area (Å²) < 4.78 is 13.3. The highest BCUT2D eigenvalue weighted by molar-refractivity contribution is 6.73. The Kier molecular flexibility index (Phi) is 7.28. The van der Waals surface area contributed by atoms with Crippen LogP contribution in [0.1, 0.15) is 44.9 Å². The molecular formula is C18H36N2O3Si. The summed E-state index contributed by atoms with van der Waals surface area (Å²) in [4.78, 5) is 12.5. The number of rotatable bonds is 6. The molecule has 0 amide bonds. The third-order valence-electron chi connectivity index (χ3n) is 5.47. The molecule has 0 aromatic rings. The first-order chi connectivity index (χ1) is 11.4. The molecule has 1 aliphatic heterocycles. The van der Waals surface area contributed by atoms with Crippen LogP contribution < -0.4 is 0 Å². The number of esters is 1. The van der Waals surface area contributed by atoms with E-state index in [2.05, 4.69) is 29.3 Å². The fourth-order valence-corrected chi connectivity index (χ4v) is 6.88. The maximum absolute atomic E-state index is 12.5. The molecule has 3 atom stereocenters. The lowest BCUT2D eigenvalue weighted by atomic mass is 9.95. The average Bonchev–Trinajstić information content (AvgIpc) is 2.82. The number of methoxy groups -OCH3 is 2. The quantitative estimate of drug-likeness (QED) is 0.415. The van der Waals surface area contributed by atoms with Gasteiger partial charge in [-0.15, -0.1) is 0 Å². The van der Waals surface area contributed by atoms with Crippen LogP contribution in [0, 0.1) is 5.92 Å². The molecule has 2 fully saturated rings. The molecule has 0 aromatic heterocycles. The second kappa shape index (κ2) is 8.78. The number of hydrazine groups is 1. The maximum atomic E-state index is 12.5. The minimum atomic E-state index is -1.64. The van der Waals surface area contributed by atoms with Crippen molar-refractivity contribution in [2.75, 3.05) is 27.4 Å². The third-order valence-corrected chi connectivity index (χ3v) is 7.43. The molecule has 6 heteroatoms. The SMILES string of the molecule is COC[C@@H]1CCCN1N([C@H]1CCCCC[C@@H]1C(=O)OC)[Si](C)(C)C. The first-order valence-corrected chi connectivity index (χ1v) is 13.0. The molecule has 1 saturated heterocycles. The van der Waals surface area contributed by atoms with Crippen LogP contribution >= 0.6 is 0 Å². The van der Waals surface area contributed by atoms with Crippen LogP contribution in [0.4, 0.5) is 0 Å². The smallest absolute Gasteiger partial charge is 0.310 e. The minimum Gasteiger partial charge on any atom is -0.469 e. The summed E-state index contributed by atoms with van der Waals surface area (Å²) >= 11 is 0. The van der Waals surface area contributed by atoms with Crippen molar-refractivity contribution < 1.29 is 14.3 Å². The third kappa shape index (κ3) is 4.59. The molecule has 0 unspecified atom stereocenters. The second-order valence-corrected chi connectivity index (χ2v) is 13.1. The molecule has 140 valence electrons. The first kappa shape index (κ1) is 19.9. The normalized spacial score (nSPS) is 29.7. The zero-order valence-corrected chi connectivity index (χ0v) is 17.2. The molecule has 0 bridgehead atoms. The highest BCUT2D eigenvalue weighted by Crippen LogP contribution is 2.35. The molecule has 0 radical (unpaired) electrons. The Balaban J connectivity index is 2.32.